The van der Waals surface area contributed by atoms with Gasteiger partial charge in [0.05, 0.1) is 6.61 Å². The zero-order valence-electron chi connectivity index (χ0n) is 13.2. The minimum absolute atomic E-state index is 0.0467. The number of aliphatic hydroxyl groups excluding tert-OH is 1. The molecule has 1 N–H and O–H groups in total. The van der Waals surface area contributed by atoms with Gasteiger partial charge in [0.2, 0.25) is 6.29 Å². The lowest BCUT2D eigenvalue weighted by Crippen LogP contribution is -2.29. The quantitative estimate of drug-likeness (QED) is 0.617. The molecule has 1 amide bonds. The summed E-state index contributed by atoms with van der Waals surface area (Å²) in [5.41, 5.74) is 1.16. The van der Waals surface area contributed by atoms with Crippen LogP contribution in [0.4, 0.5) is 0 Å². The van der Waals surface area contributed by atoms with Crippen LogP contribution < -0.4 is 0 Å². The van der Waals surface area contributed by atoms with Crippen LogP contribution in [0.15, 0.2) is 42.2 Å². The van der Waals surface area contributed by atoms with Gasteiger partial charge in [-0.15, -0.1) is 0 Å². The average molecular weight is 317 g/mol. The van der Waals surface area contributed by atoms with Crippen LogP contribution in [0, 0.1) is 0 Å². The number of amides is 1. The molecule has 0 bridgehead atoms. The highest BCUT2D eigenvalue weighted by atomic mass is 16.7. The van der Waals surface area contributed by atoms with E-state index in [1.54, 1.807) is 4.90 Å². The highest BCUT2D eigenvalue weighted by molar-refractivity contribution is 5.93. The van der Waals surface area contributed by atoms with Crippen LogP contribution in [-0.4, -0.2) is 48.5 Å². The van der Waals surface area contributed by atoms with E-state index in [1.165, 1.54) is 0 Å². The normalized spacial score (nSPS) is 23.2. The average Bonchev–Trinajstić information content (AvgIpc) is 3.44. The van der Waals surface area contributed by atoms with Crippen LogP contribution in [0.5, 0.6) is 0 Å². The van der Waals surface area contributed by atoms with Gasteiger partial charge < -0.3 is 19.5 Å². The molecule has 0 spiro atoms. The summed E-state index contributed by atoms with van der Waals surface area (Å²) >= 11 is 0. The predicted octanol–water partition coefficient (Wildman–Crippen LogP) is 2.03. The van der Waals surface area contributed by atoms with Crippen LogP contribution in [-0.2, 0) is 14.3 Å². The fourth-order valence-electron chi connectivity index (χ4n) is 2.68. The van der Waals surface area contributed by atoms with E-state index in [-0.39, 0.29) is 18.4 Å². The standard InChI is InChI=1S/C18H23NO4/c20-10-4-5-11-22-17-13-15(14-6-2-1-3-7-14)12-16(23-17)18(21)19-8-9-19/h1-3,6-7,12,15,17,20H,4-5,8-11,13H2/t15-,17+/m0/s1. The summed E-state index contributed by atoms with van der Waals surface area (Å²) in [5, 5.41) is 8.83. The number of carbonyl (C=O) groups excluding carboxylic acids is 1. The number of rotatable bonds is 7. The van der Waals surface area contributed by atoms with E-state index in [0.29, 0.717) is 25.2 Å². The van der Waals surface area contributed by atoms with E-state index >= 15 is 0 Å². The van der Waals surface area contributed by atoms with Gasteiger partial charge in [-0.25, -0.2) is 0 Å². The van der Waals surface area contributed by atoms with Crippen molar-refractivity contribution in [1.29, 1.82) is 0 Å². The fourth-order valence-corrected chi connectivity index (χ4v) is 2.68. The molecule has 1 saturated heterocycles. The Morgan fingerprint density at radius 1 is 1.26 bits per heavy atom. The molecule has 23 heavy (non-hydrogen) atoms. The largest absolute Gasteiger partial charge is 0.459 e. The molecular weight excluding hydrogens is 294 g/mol. The molecule has 1 aromatic carbocycles. The topological polar surface area (TPSA) is 58.8 Å². The number of nitrogens with zero attached hydrogens (tertiary/aromatic N) is 1. The maximum atomic E-state index is 12.3. The van der Waals surface area contributed by atoms with Crippen molar-refractivity contribution in [2.45, 2.75) is 31.5 Å². The van der Waals surface area contributed by atoms with Gasteiger partial charge in [0.25, 0.3) is 5.91 Å². The van der Waals surface area contributed by atoms with Gasteiger partial charge in [-0.2, -0.15) is 0 Å². The molecule has 1 fully saturated rings. The number of allylic oxidation sites excluding steroid dienone is 1. The molecule has 2 aliphatic heterocycles. The SMILES string of the molecule is O=C(C1=C[C@H](c2ccccc2)C[C@H](OCCCCO)O1)N1CC1. The molecule has 2 atom stereocenters. The number of hydrogen-bond donors (Lipinski definition) is 1. The molecule has 124 valence electrons. The summed E-state index contributed by atoms with van der Waals surface area (Å²) in [6.07, 6.45) is 3.70. The van der Waals surface area contributed by atoms with E-state index in [0.717, 1.165) is 25.1 Å². The Morgan fingerprint density at radius 3 is 2.74 bits per heavy atom. The Kier molecular flexibility index (Phi) is 5.31. The second kappa shape index (κ2) is 7.62. The molecular formula is C18H23NO4. The molecule has 0 saturated carbocycles. The molecule has 0 radical (unpaired) electrons. The minimum Gasteiger partial charge on any atom is -0.459 e. The second-order valence-corrected chi connectivity index (χ2v) is 5.92. The van der Waals surface area contributed by atoms with Crippen LogP contribution in [0.3, 0.4) is 0 Å². The third kappa shape index (κ3) is 4.33. The zero-order valence-corrected chi connectivity index (χ0v) is 13.2. The minimum atomic E-state index is -0.414. The number of hydrogen-bond acceptors (Lipinski definition) is 4. The van der Waals surface area contributed by atoms with Crippen molar-refractivity contribution < 1.29 is 19.4 Å². The first kappa shape index (κ1) is 16.0. The Balaban J connectivity index is 1.69. The summed E-state index contributed by atoms with van der Waals surface area (Å²) in [4.78, 5) is 14.1. The van der Waals surface area contributed by atoms with Gasteiger partial charge in [0, 0.05) is 32.0 Å². The van der Waals surface area contributed by atoms with E-state index in [2.05, 4.69) is 12.1 Å². The van der Waals surface area contributed by atoms with E-state index in [4.69, 9.17) is 14.6 Å². The Bertz CT molecular complexity index is 553. The zero-order chi connectivity index (χ0) is 16.1. The van der Waals surface area contributed by atoms with Gasteiger partial charge in [-0.3, -0.25) is 4.79 Å². The summed E-state index contributed by atoms with van der Waals surface area (Å²) in [5.74, 6) is 0.469. The van der Waals surface area contributed by atoms with Crippen molar-refractivity contribution >= 4 is 5.91 Å². The van der Waals surface area contributed by atoms with E-state index < -0.39 is 6.29 Å². The lowest BCUT2D eigenvalue weighted by molar-refractivity contribution is -0.149. The molecule has 0 aliphatic carbocycles. The van der Waals surface area contributed by atoms with Crippen molar-refractivity contribution in [2.24, 2.45) is 0 Å². The monoisotopic (exact) mass is 317 g/mol. The summed E-state index contributed by atoms with van der Waals surface area (Å²) in [6.45, 7) is 2.30. The Morgan fingerprint density at radius 2 is 2.04 bits per heavy atom. The van der Waals surface area contributed by atoms with Gasteiger partial charge in [0.1, 0.15) is 0 Å². The van der Waals surface area contributed by atoms with Gasteiger partial charge in [-0.1, -0.05) is 30.3 Å². The third-order valence-electron chi connectivity index (χ3n) is 4.09. The summed E-state index contributed by atoms with van der Waals surface area (Å²) < 4.78 is 11.5. The molecule has 0 unspecified atom stereocenters. The first-order chi connectivity index (χ1) is 11.3. The molecule has 2 heterocycles. The van der Waals surface area contributed by atoms with Gasteiger partial charge in [0.15, 0.2) is 5.76 Å². The third-order valence-corrected chi connectivity index (χ3v) is 4.09. The smallest absolute Gasteiger partial charge is 0.288 e. The lowest BCUT2D eigenvalue weighted by Gasteiger charge is -2.29. The number of aliphatic hydroxyl groups is 1. The van der Waals surface area contributed by atoms with Crippen LogP contribution in [0.1, 0.15) is 30.7 Å². The number of unbranched alkanes of at least 4 members (excludes halogenated alkanes) is 1. The number of benzene rings is 1. The second-order valence-electron chi connectivity index (χ2n) is 5.92. The van der Waals surface area contributed by atoms with Crippen molar-refractivity contribution in [3.63, 3.8) is 0 Å². The number of carbonyl (C=O) groups is 1. The molecule has 2 aliphatic rings. The Hall–Kier alpha value is -1.85. The molecule has 5 nitrogen and oxygen atoms in total. The molecule has 3 rings (SSSR count). The molecule has 1 aromatic rings. The van der Waals surface area contributed by atoms with Crippen LogP contribution in [0.25, 0.3) is 0 Å². The summed E-state index contributed by atoms with van der Waals surface area (Å²) in [6, 6.07) is 10.1. The maximum Gasteiger partial charge on any atom is 0.288 e. The first-order valence-electron chi connectivity index (χ1n) is 8.23. The first-order valence-corrected chi connectivity index (χ1v) is 8.23. The van der Waals surface area contributed by atoms with Crippen molar-refractivity contribution in [3.8, 4) is 0 Å². The van der Waals surface area contributed by atoms with Crippen LogP contribution in [0.2, 0.25) is 0 Å². The van der Waals surface area contributed by atoms with Gasteiger partial charge in [-0.05, 0) is 24.5 Å². The molecule has 0 aromatic heterocycles. The van der Waals surface area contributed by atoms with Crippen LogP contribution >= 0.6 is 0 Å². The highest BCUT2D eigenvalue weighted by Gasteiger charge is 2.34. The van der Waals surface area contributed by atoms with Crippen molar-refractivity contribution in [3.05, 3.63) is 47.7 Å². The van der Waals surface area contributed by atoms with Crippen molar-refractivity contribution in [2.75, 3.05) is 26.3 Å². The molecule has 5 heteroatoms. The van der Waals surface area contributed by atoms with E-state index in [9.17, 15) is 4.79 Å². The highest BCUT2D eigenvalue weighted by Crippen LogP contribution is 2.32. The predicted molar refractivity (Wildman–Crippen MR) is 85.6 cm³/mol. The van der Waals surface area contributed by atoms with Crippen molar-refractivity contribution in [1.82, 2.24) is 4.90 Å². The Labute approximate surface area is 136 Å². The van der Waals surface area contributed by atoms with E-state index in [1.807, 2.05) is 24.3 Å². The number of ether oxygens (including phenoxy) is 2. The summed E-state index contributed by atoms with van der Waals surface area (Å²) in [7, 11) is 0. The fraction of sp³-hybridized carbons (Fsp3) is 0.500. The van der Waals surface area contributed by atoms with Gasteiger partial charge >= 0.3 is 0 Å². The maximum absolute atomic E-state index is 12.3. The lowest BCUT2D eigenvalue weighted by atomic mass is 9.93.